The Morgan fingerprint density at radius 3 is 2.19 bits per heavy atom. The summed E-state index contributed by atoms with van der Waals surface area (Å²) in [7, 11) is 0. The number of hydrogen-bond acceptors (Lipinski definition) is 5. The number of carbonyl (C=O) groups is 3. The third-order valence-electron chi connectivity index (χ3n) is 6.01. The molecule has 4 aliphatic rings. The summed E-state index contributed by atoms with van der Waals surface area (Å²) < 4.78 is 0. The zero-order valence-corrected chi connectivity index (χ0v) is 14.1. The maximum Gasteiger partial charge on any atom is 0.269 e. The second kappa shape index (κ2) is 5.33. The van der Waals surface area contributed by atoms with Crippen molar-refractivity contribution in [1.82, 2.24) is 0 Å². The molecule has 0 aromatic heterocycles. The Morgan fingerprint density at radius 1 is 0.889 bits per heavy atom. The molecule has 1 aliphatic heterocycles. The predicted molar refractivity (Wildman–Crippen MR) is 94.1 cm³/mol. The lowest BCUT2D eigenvalue weighted by molar-refractivity contribution is -0.384. The van der Waals surface area contributed by atoms with E-state index in [1.165, 1.54) is 24.3 Å². The Morgan fingerprint density at radius 2 is 1.52 bits per heavy atom. The molecule has 6 rings (SSSR count). The number of amides is 2. The molecule has 134 valence electrons. The fraction of sp³-hybridized carbons (Fsp3) is 0.250. The van der Waals surface area contributed by atoms with Gasteiger partial charge in [0.25, 0.3) is 5.69 Å². The number of anilines is 1. The third kappa shape index (κ3) is 1.99. The van der Waals surface area contributed by atoms with E-state index >= 15 is 0 Å². The summed E-state index contributed by atoms with van der Waals surface area (Å²) in [6.45, 7) is 0. The second-order valence-electron chi connectivity index (χ2n) is 7.22. The van der Waals surface area contributed by atoms with Crippen molar-refractivity contribution in [2.45, 2.75) is 18.3 Å². The molecule has 1 saturated heterocycles. The number of nitro benzene ring substituents is 1. The van der Waals surface area contributed by atoms with Crippen LogP contribution in [0.1, 0.15) is 29.4 Å². The molecule has 3 aliphatic carbocycles. The van der Waals surface area contributed by atoms with Gasteiger partial charge < -0.3 is 0 Å². The summed E-state index contributed by atoms with van der Waals surface area (Å²) in [4.78, 5) is 50.3. The average molecular weight is 362 g/mol. The number of non-ortho nitro benzene ring substituents is 1. The van der Waals surface area contributed by atoms with Gasteiger partial charge in [-0.2, -0.15) is 0 Å². The van der Waals surface area contributed by atoms with Gasteiger partial charge in [-0.25, -0.2) is 4.90 Å². The lowest BCUT2D eigenvalue weighted by Crippen LogP contribution is -2.44. The first-order valence-electron chi connectivity index (χ1n) is 8.73. The summed E-state index contributed by atoms with van der Waals surface area (Å²) in [5.74, 6) is -2.82. The van der Waals surface area contributed by atoms with Gasteiger partial charge in [0.05, 0.1) is 28.4 Å². The minimum absolute atomic E-state index is 0.00616. The van der Waals surface area contributed by atoms with Crippen molar-refractivity contribution < 1.29 is 19.3 Å². The molecule has 1 saturated carbocycles. The summed E-state index contributed by atoms with van der Waals surface area (Å²) in [6.07, 6.45) is 0.274. The minimum atomic E-state index is -0.686. The van der Waals surface area contributed by atoms with Gasteiger partial charge in [0.1, 0.15) is 5.78 Å². The zero-order chi connectivity index (χ0) is 18.9. The predicted octanol–water partition coefficient (Wildman–Crippen LogP) is 2.55. The zero-order valence-electron chi connectivity index (χ0n) is 14.1. The number of nitro groups is 1. The molecule has 2 bridgehead atoms. The molecule has 2 amide bonds. The number of fused-ring (bicyclic) bond motifs is 1. The Labute approximate surface area is 153 Å². The van der Waals surface area contributed by atoms with Crippen LogP contribution in [0.4, 0.5) is 11.4 Å². The van der Waals surface area contributed by atoms with E-state index < -0.39 is 28.6 Å². The number of hydrogen-bond donors (Lipinski definition) is 0. The van der Waals surface area contributed by atoms with Crippen molar-refractivity contribution in [2.24, 2.45) is 11.8 Å². The highest BCUT2D eigenvalue weighted by Crippen LogP contribution is 2.57. The second-order valence-corrected chi connectivity index (χ2v) is 7.22. The van der Waals surface area contributed by atoms with E-state index in [1.807, 2.05) is 24.3 Å². The van der Waals surface area contributed by atoms with Crippen LogP contribution in [0.25, 0.3) is 0 Å². The SMILES string of the molecule is O=C1C[C@H]2c3ccccc3[C@H]1[C@@H]1C(=O)N(c3ccc([N+](=O)[O-])cc3)C(=O)[C@@H]12. The Bertz CT molecular complexity index is 1030. The van der Waals surface area contributed by atoms with Crippen LogP contribution in [-0.2, 0) is 14.4 Å². The number of nitrogens with zero attached hydrogens (tertiary/aromatic N) is 2. The van der Waals surface area contributed by atoms with Gasteiger partial charge in [0.15, 0.2) is 0 Å². The topological polar surface area (TPSA) is 97.6 Å². The molecular weight excluding hydrogens is 348 g/mol. The van der Waals surface area contributed by atoms with Gasteiger partial charge in [-0.15, -0.1) is 0 Å². The van der Waals surface area contributed by atoms with Crippen LogP contribution >= 0.6 is 0 Å². The highest BCUT2D eigenvalue weighted by atomic mass is 16.6. The minimum Gasteiger partial charge on any atom is -0.299 e. The van der Waals surface area contributed by atoms with Crippen molar-refractivity contribution >= 4 is 29.0 Å². The van der Waals surface area contributed by atoms with Gasteiger partial charge in [0, 0.05) is 24.5 Å². The van der Waals surface area contributed by atoms with Crippen molar-refractivity contribution in [2.75, 3.05) is 4.90 Å². The Balaban J connectivity index is 1.59. The molecule has 2 fully saturated rings. The molecular formula is C20H14N2O5. The normalized spacial score (nSPS) is 28.3. The molecule has 0 radical (unpaired) electrons. The molecule has 27 heavy (non-hydrogen) atoms. The van der Waals surface area contributed by atoms with Crippen molar-refractivity contribution in [1.29, 1.82) is 0 Å². The maximum atomic E-state index is 13.1. The van der Waals surface area contributed by atoms with Crippen LogP contribution < -0.4 is 4.90 Å². The van der Waals surface area contributed by atoms with Crippen LogP contribution in [0, 0.1) is 22.0 Å². The monoisotopic (exact) mass is 362 g/mol. The molecule has 2 aromatic rings. The lowest BCUT2D eigenvalue weighted by atomic mass is 9.56. The van der Waals surface area contributed by atoms with Crippen LogP contribution in [-0.4, -0.2) is 22.5 Å². The number of ketones is 1. The largest absolute Gasteiger partial charge is 0.299 e. The first-order valence-corrected chi connectivity index (χ1v) is 8.73. The third-order valence-corrected chi connectivity index (χ3v) is 6.01. The molecule has 0 unspecified atom stereocenters. The van der Waals surface area contributed by atoms with Crippen molar-refractivity contribution in [3.05, 3.63) is 69.8 Å². The number of carbonyl (C=O) groups excluding carboxylic acids is 3. The summed E-state index contributed by atoms with van der Waals surface area (Å²) >= 11 is 0. The van der Waals surface area contributed by atoms with Crippen molar-refractivity contribution in [3.63, 3.8) is 0 Å². The van der Waals surface area contributed by atoms with E-state index in [9.17, 15) is 24.5 Å². The Hall–Kier alpha value is -3.35. The van der Waals surface area contributed by atoms with Gasteiger partial charge in [0.2, 0.25) is 11.8 Å². The average Bonchev–Trinajstić information content (AvgIpc) is 2.94. The van der Waals surface area contributed by atoms with E-state index in [4.69, 9.17) is 0 Å². The fourth-order valence-corrected chi connectivity index (χ4v) is 4.94. The quantitative estimate of drug-likeness (QED) is 0.465. The van der Waals surface area contributed by atoms with Crippen molar-refractivity contribution in [3.8, 4) is 0 Å². The standard InChI is InChI=1S/C20H14N2O5/c23-15-9-14-12-3-1-2-4-13(12)16(15)18-17(14)19(24)21(20(18)25)10-5-7-11(8-6-10)22(26)27/h1-8,14,16-18H,9H2/t14-,16+,17+,18-/m0/s1. The smallest absolute Gasteiger partial charge is 0.269 e. The van der Waals surface area contributed by atoms with Gasteiger partial charge >= 0.3 is 0 Å². The summed E-state index contributed by atoms with van der Waals surface area (Å²) in [6, 6.07) is 12.9. The van der Waals surface area contributed by atoms with Gasteiger partial charge in [-0.3, -0.25) is 24.5 Å². The molecule has 7 heteroatoms. The fourth-order valence-electron chi connectivity index (χ4n) is 4.94. The summed E-state index contributed by atoms with van der Waals surface area (Å²) in [5, 5.41) is 10.8. The van der Waals surface area contributed by atoms with Gasteiger partial charge in [-0.1, -0.05) is 24.3 Å². The molecule has 2 aromatic carbocycles. The first kappa shape index (κ1) is 15.9. The molecule has 7 nitrogen and oxygen atoms in total. The van der Waals surface area contributed by atoms with Crippen LogP contribution in [0.5, 0.6) is 0 Å². The van der Waals surface area contributed by atoms with E-state index in [0.717, 1.165) is 16.0 Å². The van der Waals surface area contributed by atoms with E-state index in [0.29, 0.717) is 5.69 Å². The first-order chi connectivity index (χ1) is 13.0. The number of Topliss-reactive ketones (excluding diaryl/α,β-unsaturated/α-hetero) is 1. The number of imide groups is 1. The summed E-state index contributed by atoms with van der Waals surface area (Å²) in [5.41, 5.74) is 2.03. The van der Waals surface area contributed by atoms with Gasteiger partial charge in [-0.05, 0) is 23.3 Å². The molecule has 4 atom stereocenters. The van der Waals surface area contributed by atoms with Crippen LogP contribution in [0.2, 0.25) is 0 Å². The number of rotatable bonds is 2. The van der Waals surface area contributed by atoms with E-state index in [2.05, 4.69) is 0 Å². The highest BCUT2D eigenvalue weighted by Gasteiger charge is 2.62. The number of benzene rings is 2. The van der Waals surface area contributed by atoms with E-state index in [1.54, 1.807) is 0 Å². The molecule has 0 N–H and O–H groups in total. The Kier molecular flexibility index (Phi) is 3.13. The van der Waals surface area contributed by atoms with E-state index in [-0.39, 0.29) is 29.7 Å². The van der Waals surface area contributed by atoms with Crippen LogP contribution in [0.15, 0.2) is 48.5 Å². The van der Waals surface area contributed by atoms with Crippen LogP contribution in [0.3, 0.4) is 0 Å². The molecule has 1 heterocycles. The molecule has 0 spiro atoms. The highest BCUT2D eigenvalue weighted by molar-refractivity contribution is 6.24. The lowest BCUT2D eigenvalue weighted by Gasteiger charge is -2.43. The maximum absolute atomic E-state index is 13.1.